The minimum absolute atomic E-state index is 0.450. The Morgan fingerprint density at radius 3 is 2.67 bits per heavy atom. The zero-order valence-corrected chi connectivity index (χ0v) is 19.3. The topological polar surface area (TPSA) is 18.5 Å². The number of fused-ring (bicyclic) bond motifs is 1. The van der Waals surface area contributed by atoms with E-state index in [0.717, 1.165) is 67.8 Å². The lowest BCUT2D eigenvalue weighted by molar-refractivity contribution is 0.211. The highest BCUT2D eigenvalue weighted by molar-refractivity contribution is 6.33. The number of rotatable bonds is 5. The number of hydrogen-bond donors (Lipinski definition) is 1. The number of allylic oxidation sites excluding steroid dienone is 4. The first kappa shape index (κ1) is 22.2. The molecule has 3 aliphatic heterocycles. The highest BCUT2D eigenvalue weighted by atomic mass is 35.5. The van der Waals surface area contributed by atoms with Gasteiger partial charge in [0.1, 0.15) is 11.6 Å². The molecule has 3 aliphatic rings. The summed E-state index contributed by atoms with van der Waals surface area (Å²) in [6, 6.07) is 8.50. The summed E-state index contributed by atoms with van der Waals surface area (Å²) in [6.07, 6.45) is 13.8. The van der Waals surface area contributed by atoms with Crippen molar-refractivity contribution in [1.29, 1.82) is 0 Å². The van der Waals surface area contributed by atoms with Gasteiger partial charge in [0.25, 0.3) is 0 Å². The molecule has 2 aromatic carbocycles. The summed E-state index contributed by atoms with van der Waals surface area (Å²) < 4.78 is 27.1. The molecule has 1 N–H and O–H groups in total. The van der Waals surface area contributed by atoms with Gasteiger partial charge in [0, 0.05) is 55.7 Å². The molecule has 172 valence electrons. The van der Waals surface area contributed by atoms with E-state index in [2.05, 4.69) is 27.3 Å². The zero-order valence-electron chi connectivity index (χ0n) is 18.5. The van der Waals surface area contributed by atoms with Crippen molar-refractivity contribution in [1.82, 2.24) is 10.2 Å². The maximum absolute atomic E-state index is 14.0. The minimum atomic E-state index is -0.524. The van der Waals surface area contributed by atoms with Crippen LogP contribution in [0.2, 0.25) is 5.02 Å². The molecule has 0 saturated carbocycles. The van der Waals surface area contributed by atoms with Crippen LogP contribution in [0.15, 0.2) is 60.8 Å². The van der Waals surface area contributed by atoms with Gasteiger partial charge in [0.05, 0.1) is 10.7 Å². The SMILES string of the molecule is Fc1ccc(CCN2CCC(N3CCc4ccc(Cl)c(C5=CC=CC=CN5)c43)CC2)c(F)c1. The summed E-state index contributed by atoms with van der Waals surface area (Å²) in [6.45, 7) is 3.74. The Balaban J connectivity index is 1.27. The van der Waals surface area contributed by atoms with Crippen molar-refractivity contribution < 1.29 is 8.78 Å². The number of nitrogens with zero attached hydrogens (tertiary/aromatic N) is 2. The molecule has 0 amide bonds. The highest BCUT2D eigenvalue weighted by Crippen LogP contribution is 2.42. The number of nitrogens with one attached hydrogen (secondary N) is 1. The number of benzene rings is 2. The van der Waals surface area contributed by atoms with Crippen LogP contribution in [0, 0.1) is 11.6 Å². The Labute approximate surface area is 199 Å². The molecule has 2 aromatic rings. The van der Waals surface area contributed by atoms with E-state index >= 15 is 0 Å². The quantitative estimate of drug-likeness (QED) is 0.608. The van der Waals surface area contributed by atoms with Crippen LogP contribution in [0.25, 0.3) is 5.70 Å². The van der Waals surface area contributed by atoms with E-state index in [1.807, 2.05) is 30.5 Å². The van der Waals surface area contributed by atoms with Crippen molar-refractivity contribution in [3.05, 3.63) is 94.2 Å². The second kappa shape index (κ2) is 9.70. The van der Waals surface area contributed by atoms with E-state index < -0.39 is 11.6 Å². The van der Waals surface area contributed by atoms with Crippen molar-refractivity contribution >= 4 is 23.0 Å². The standard InChI is InChI=1S/C27H28ClF2N3/c28-23-8-6-20-10-17-33(27(20)26(23)25-4-2-1-3-13-31-25)22-11-15-32(16-12-22)14-9-19-5-7-21(29)18-24(19)30/h1-8,13,18,22,31H,9-12,14-17H2. The minimum Gasteiger partial charge on any atom is -0.367 e. The summed E-state index contributed by atoms with van der Waals surface area (Å²) in [4.78, 5) is 4.94. The average Bonchev–Trinajstić information content (AvgIpc) is 3.05. The van der Waals surface area contributed by atoms with Crippen molar-refractivity contribution in [3.63, 3.8) is 0 Å². The molecule has 6 heteroatoms. The molecule has 3 heterocycles. The molecule has 0 aliphatic carbocycles. The Kier molecular flexibility index (Phi) is 6.52. The van der Waals surface area contributed by atoms with E-state index in [-0.39, 0.29) is 0 Å². The van der Waals surface area contributed by atoms with Gasteiger partial charge in [-0.3, -0.25) is 0 Å². The Bertz CT molecular complexity index is 1120. The summed E-state index contributed by atoms with van der Waals surface area (Å²) in [5, 5.41) is 4.15. The van der Waals surface area contributed by atoms with Gasteiger partial charge in [-0.1, -0.05) is 35.9 Å². The monoisotopic (exact) mass is 467 g/mol. The third kappa shape index (κ3) is 4.71. The molecule has 3 nitrogen and oxygen atoms in total. The third-order valence-corrected chi connectivity index (χ3v) is 7.23. The molecule has 0 atom stereocenters. The van der Waals surface area contributed by atoms with Crippen LogP contribution in [0.3, 0.4) is 0 Å². The summed E-state index contributed by atoms with van der Waals surface area (Å²) >= 11 is 6.73. The van der Waals surface area contributed by atoms with Crippen molar-refractivity contribution in [3.8, 4) is 0 Å². The summed E-state index contributed by atoms with van der Waals surface area (Å²) in [7, 11) is 0. The lowest BCUT2D eigenvalue weighted by Gasteiger charge is -2.39. The van der Waals surface area contributed by atoms with Crippen molar-refractivity contribution in [2.75, 3.05) is 31.1 Å². The van der Waals surface area contributed by atoms with E-state index in [1.165, 1.54) is 17.3 Å². The van der Waals surface area contributed by atoms with Gasteiger partial charge >= 0.3 is 0 Å². The predicted molar refractivity (Wildman–Crippen MR) is 131 cm³/mol. The van der Waals surface area contributed by atoms with Gasteiger partial charge in [-0.2, -0.15) is 0 Å². The molecule has 33 heavy (non-hydrogen) atoms. The fraction of sp³-hybridized carbons (Fsp3) is 0.333. The number of hydrogen-bond acceptors (Lipinski definition) is 3. The maximum atomic E-state index is 14.0. The fourth-order valence-corrected chi connectivity index (χ4v) is 5.44. The van der Waals surface area contributed by atoms with Gasteiger partial charge in [-0.05, 0) is 61.1 Å². The molecule has 5 rings (SSSR count). The van der Waals surface area contributed by atoms with E-state index in [1.54, 1.807) is 6.07 Å². The normalized spacial score (nSPS) is 18.8. The number of halogens is 3. The first-order chi connectivity index (χ1) is 16.1. The number of likely N-dealkylation sites (tertiary alicyclic amines) is 1. The van der Waals surface area contributed by atoms with Crippen LogP contribution in [0.4, 0.5) is 14.5 Å². The van der Waals surface area contributed by atoms with Crippen LogP contribution in [-0.2, 0) is 12.8 Å². The largest absolute Gasteiger partial charge is 0.367 e. The zero-order chi connectivity index (χ0) is 22.8. The Hall–Kier alpha value is -2.63. The van der Waals surface area contributed by atoms with E-state index in [0.29, 0.717) is 18.0 Å². The van der Waals surface area contributed by atoms with E-state index in [9.17, 15) is 8.78 Å². The highest BCUT2D eigenvalue weighted by Gasteiger charge is 2.32. The molecular weight excluding hydrogens is 440 g/mol. The van der Waals surface area contributed by atoms with Gasteiger partial charge < -0.3 is 15.1 Å². The number of anilines is 1. The summed E-state index contributed by atoms with van der Waals surface area (Å²) in [5.41, 5.74) is 5.29. The molecule has 0 radical (unpaired) electrons. The second-order valence-electron chi connectivity index (χ2n) is 8.90. The first-order valence-electron chi connectivity index (χ1n) is 11.6. The summed E-state index contributed by atoms with van der Waals surface area (Å²) in [5.74, 6) is -0.974. The average molecular weight is 468 g/mol. The van der Waals surface area contributed by atoms with Crippen LogP contribution in [-0.4, -0.2) is 37.1 Å². The van der Waals surface area contributed by atoms with Gasteiger partial charge in [0.15, 0.2) is 0 Å². The molecular formula is C27H28ClF2N3. The third-order valence-electron chi connectivity index (χ3n) is 6.92. The fourth-order valence-electron chi connectivity index (χ4n) is 5.18. The molecule has 0 aromatic heterocycles. The van der Waals surface area contributed by atoms with Gasteiger partial charge in [0.2, 0.25) is 0 Å². The van der Waals surface area contributed by atoms with E-state index in [4.69, 9.17) is 11.6 Å². The molecule has 1 saturated heterocycles. The molecule has 0 spiro atoms. The maximum Gasteiger partial charge on any atom is 0.129 e. The smallest absolute Gasteiger partial charge is 0.129 e. The lowest BCUT2D eigenvalue weighted by Crippen LogP contribution is -2.45. The van der Waals surface area contributed by atoms with Crippen molar-refractivity contribution in [2.45, 2.75) is 31.7 Å². The first-order valence-corrected chi connectivity index (χ1v) is 12.0. The van der Waals surface area contributed by atoms with Crippen LogP contribution >= 0.6 is 11.6 Å². The van der Waals surface area contributed by atoms with Crippen LogP contribution in [0.5, 0.6) is 0 Å². The second-order valence-corrected chi connectivity index (χ2v) is 9.31. The Morgan fingerprint density at radius 2 is 1.85 bits per heavy atom. The van der Waals surface area contributed by atoms with Crippen molar-refractivity contribution in [2.24, 2.45) is 0 Å². The predicted octanol–water partition coefficient (Wildman–Crippen LogP) is 5.70. The van der Waals surface area contributed by atoms with Gasteiger partial charge in [-0.15, -0.1) is 0 Å². The van der Waals surface area contributed by atoms with Crippen LogP contribution < -0.4 is 10.2 Å². The number of piperidine rings is 1. The molecule has 1 fully saturated rings. The lowest BCUT2D eigenvalue weighted by atomic mass is 9.99. The van der Waals surface area contributed by atoms with Crippen LogP contribution in [0.1, 0.15) is 29.5 Å². The Morgan fingerprint density at radius 1 is 1.00 bits per heavy atom. The molecule has 0 unspecified atom stereocenters. The molecule has 0 bridgehead atoms. The van der Waals surface area contributed by atoms with Gasteiger partial charge in [-0.25, -0.2) is 8.78 Å².